The third-order valence-corrected chi connectivity index (χ3v) is 8.24. The van der Waals surface area contributed by atoms with Crippen LogP contribution >= 0.6 is 0 Å². The molecule has 0 radical (unpaired) electrons. The fraction of sp³-hybridized carbons (Fsp3) is 0.591. The zero-order chi connectivity index (χ0) is 20.8. The number of benzene rings is 1. The Kier molecular flexibility index (Phi) is 5.46. The molecule has 2 aliphatic rings. The van der Waals surface area contributed by atoms with Crippen molar-refractivity contribution in [2.75, 3.05) is 5.88 Å². The number of nitrogens with one attached hydrogen (secondary N) is 1. The topological polar surface area (TPSA) is 75.3 Å². The summed E-state index contributed by atoms with van der Waals surface area (Å²) in [4.78, 5) is 2.55. The van der Waals surface area contributed by atoms with Crippen LogP contribution in [0.3, 0.4) is 0 Å². The summed E-state index contributed by atoms with van der Waals surface area (Å²) < 4.78 is 32.4. The van der Waals surface area contributed by atoms with Gasteiger partial charge in [-0.15, -0.1) is 0 Å². The molecule has 2 fully saturated rings. The number of aromatic amines is 1. The number of rotatable bonds is 6. The Bertz CT molecular complexity index is 932. The number of aryl methyl sites for hydroxylation is 2. The van der Waals surface area contributed by atoms with E-state index in [0.717, 1.165) is 31.4 Å². The number of ether oxygens (including phenoxy) is 1. The van der Waals surface area contributed by atoms with Crippen LogP contribution in [-0.4, -0.2) is 47.6 Å². The zero-order valence-electron chi connectivity index (χ0n) is 17.7. The van der Waals surface area contributed by atoms with Crippen molar-refractivity contribution < 1.29 is 13.2 Å². The number of aromatic nitrogens is 2. The molecular weight excluding hydrogens is 386 g/mol. The molecule has 3 atom stereocenters. The van der Waals surface area contributed by atoms with Gasteiger partial charge in [0.25, 0.3) is 0 Å². The molecule has 1 aromatic carbocycles. The quantitative estimate of drug-likeness (QED) is 0.770. The Morgan fingerprint density at radius 3 is 2.28 bits per heavy atom. The lowest BCUT2D eigenvalue weighted by Gasteiger charge is -2.38. The summed E-state index contributed by atoms with van der Waals surface area (Å²) in [7, 11) is -3.40. The average Bonchev–Trinajstić information content (AvgIpc) is 3.10. The Hall–Kier alpha value is -1.86. The number of nitrogens with zero attached hydrogens (tertiary/aromatic N) is 2. The van der Waals surface area contributed by atoms with E-state index < -0.39 is 9.84 Å². The molecule has 0 amide bonds. The first-order valence-electron chi connectivity index (χ1n) is 10.5. The second-order valence-electron chi connectivity index (χ2n) is 8.84. The number of sulfone groups is 1. The first-order chi connectivity index (χ1) is 13.7. The molecule has 4 rings (SSSR count). The first kappa shape index (κ1) is 20.4. The number of hydrogen-bond donors (Lipinski definition) is 1. The summed E-state index contributed by atoms with van der Waals surface area (Å²) in [6, 6.07) is 8.89. The summed E-state index contributed by atoms with van der Waals surface area (Å²) in [5.74, 6) is 1.48. The van der Waals surface area contributed by atoms with Gasteiger partial charge in [-0.05, 0) is 63.1 Å². The molecule has 158 valence electrons. The summed E-state index contributed by atoms with van der Waals surface area (Å²) in [6.45, 7) is 7.88. The molecule has 7 heteroatoms. The highest BCUT2D eigenvalue weighted by molar-refractivity contribution is 7.91. The Morgan fingerprint density at radius 1 is 1.14 bits per heavy atom. The summed E-state index contributed by atoms with van der Waals surface area (Å²) >= 11 is 0. The molecule has 3 heterocycles. The van der Waals surface area contributed by atoms with E-state index in [0.29, 0.717) is 22.2 Å². The van der Waals surface area contributed by atoms with Crippen LogP contribution in [0.15, 0.2) is 29.2 Å². The van der Waals surface area contributed by atoms with Crippen molar-refractivity contribution in [3.63, 3.8) is 0 Å². The molecule has 1 N–H and O–H groups in total. The summed E-state index contributed by atoms with van der Waals surface area (Å²) in [5.41, 5.74) is 2.48. The van der Waals surface area contributed by atoms with Crippen LogP contribution in [-0.2, 0) is 9.84 Å². The van der Waals surface area contributed by atoms with Gasteiger partial charge in [-0.3, -0.25) is 10.00 Å². The molecule has 2 saturated heterocycles. The average molecular weight is 418 g/mol. The Labute approximate surface area is 173 Å². The van der Waals surface area contributed by atoms with Gasteiger partial charge in [0.2, 0.25) is 0 Å². The Balaban J connectivity index is 1.43. The number of piperidine rings is 1. The summed E-state index contributed by atoms with van der Waals surface area (Å²) in [6.07, 6.45) is 3.97. The van der Waals surface area contributed by atoms with Crippen LogP contribution in [0, 0.1) is 13.8 Å². The molecule has 2 aromatic rings. The maximum Gasteiger partial charge on any atom is 0.195 e. The minimum absolute atomic E-state index is 0.0688. The number of H-pyrrole nitrogens is 1. The van der Waals surface area contributed by atoms with Crippen LogP contribution in [0.5, 0.6) is 5.75 Å². The maximum atomic E-state index is 13.0. The largest absolute Gasteiger partial charge is 0.490 e. The molecule has 1 unspecified atom stereocenters. The van der Waals surface area contributed by atoms with E-state index in [9.17, 15) is 8.42 Å². The molecule has 2 bridgehead atoms. The highest BCUT2D eigenvalue weighted by Crippen LogP contribution is 2.38. The molecular formula is C22H31N3O3S. The van der Waals surface area contributed by atoms with Gasteiger partial charge >= 0.3 is 0 Å². The normalized spacial score (nSPS) is 24.9. The SMILES string of the molecule is Cc1n[nH]c(C)c1S(=O)(=O)CN1[C@@H]2CC[C@H]1CC(Oc1ccc(C(C)C)cc1)C2. The van der Waals surface area contributed by atoms with Gasteiger partial charge in [0, 0.05) is 12.1 Å². The van der Waals surface area contributed by atoms with E-state index in [2.05, 4.69) is 53.2 Å². The van der Waals surface area contributed by atoms with Gasteiger partial charge in [0.15, 0.2) is 9.84 Å². The fourth-order valence-corrected chi connectivity index (χ4v) is 6.87. The maximum absolute atomic E-state index is 13.0. The molecule has 1 aromatic heterocycles. The highest BCUT2D eigenvalue weighted by Gasteiger charge is 2.43. The second kappa shape index (κ2) is 7.76. The molecule has 0 aliphatic carbocycles. The van der Waals surface area contributed by atoms with Gasteiger partial charge in [0.05, 0.1) is 11.4 Å². The van der Waals surface area contributed by atoms with E-state index in [1.165, 1.54) is 5.56 Å². The molecule has 29 heavy (non-hydrogen) atoms. The smallest absolute Gasteiger partial charge is 0.195 e. The fourth-order valence-electron chi connectivity index (χ4n) is 4.91. The lowest BCUT2D eigenvalue weighted by atomic mass is 10.00. The predicted octanol–water partition coefficient (Wildman–Crippen LogP) is 3.96. The van der Waals surface area contributed by atoms with Gasteiger partial charge < -0.3 is 4.74 Å². The number of fused-ring (bicyclic) bond motifs is 2. The monoisotopic (exact) mass is 417 g/mol. The third kappa shape index (κ3) is 4.08. The second-order valence-corrected chi connectivity index (χ2v) is 10.7. The van der Waals surface area contributed by atoms with Crippen LogP contribution in [0.1, 0.15) is 62.4 Å². The van der Waals surface area contributed by atoms with E-state index >= 15 is 0 Å². The van der Waals surface area contributed by atoms with E-state index in [1.54, 1.807) is 13.8 Å². The van der Waals surface area contributed by atoms with E-state index in [4.69, 9.17) is 4.74 Å². The molecule has 2 aliphatic heterocycles. The lowest BCUT2D eigenvalue weighted by molar-refractivity contribution is 0.0609. The van der Waals surface area contributed by atoms with E-state index in [-0.39, 0.29) is 24.1 Å². The molecule has 0 saturated carbocycles. The highest BCUT2D eigenvalue weighted by atomic mass is 32.2. The van der Waals surface area contributed by atoms with Crippen molar-refractivity contribution in [1.82, 2.24) is 15.1 Å². The standard InChI is InChI=1S/C22H31N3O3S/c1-14(2)17-5-9-20(10-6-17)28-21-11-18-7-8-19(12-21)25(18)13-29(26,27)22-15(3)23-24-16(22)4/h5-6,9-10,14,18-19,21H,7-8,11-13H2,1-4H3,(H,23,24)/t18-,19+,21?. The predicted molar refractivity (Wildman–Crippen MR) is 113 cm³/mol. The van der Waals surface area contributed by atoms with Crippen molar-refractivity contribution >= 4 is 9.84 Å². The van der Waals surface area contributed by atoms with Crippen LogP contribution in [0.25, 0.3) is 0 Å². The van der Waals surface area contributed by atoms with Gasteiger partial charge in [-0.1, -0.05) is 26.0 Å². The van der Waals surface area contributed by atoms with E-state index in [1.807, 2.05) is 0 Å². The first-order valence-corrected chi connectivity index (χ1v) is 12.2. The summed E-state index contributed by atoms with van der Waals surface area (Å²) in [5, 5.41) is 6.86. The zero-order valence-corrected chi connectivity index (χ0v) is 18.5. The van der Waals surface area contributed by atoms with Gasteiger partial charge in [0.1, 0.15) is 22.6 Å². The van der Waals surface area contributed by atoms with Crippen molar-refractivity contribution in [3.05, 3.63) is 41.2 Å². The van der Waals surface area contributed by atoms with Gasteiger partial charge in [-0.2, -0.15) is 5.10 Å². The minimum atomic E-state index is -3.40. The number of hydrogen-bond acceptors (Lipinski definition) is 5. The third-order valence-electron chi connectivity index (χ3n) is 6.38. The van der Waals surface area contributed by atoms with Crippen molar-refractivity contribution in [2.24, 2.45) is 0 Å². The molecule has 6 nitrogen and oxygen atoms in total. The Morgan fingerprint density at radius 2 is 1.76 bits per heavy atom. The van der Waals surface area contributed by atoms with Gasteiger partial charge in [-0.25, -0.2) is 8.42 Å². The van der Waals surface area contributed by atoms with Crippen molar-refractivity contribution in [2.45, 2.75) is 82.4 Å². The van der Waals surface area contributed by atoms with Crippen molar-refractivity contribution in [3.8, 4) is 5.75 Å². The van der Waals surface area contributed by atoms with Crippen molar-refractivity contribution in [1.29, 1.82) is 0 Å². The molecule has 0 spiro atoms. The van der Waals surface area contributed by atoms with Crippen LogP contribution < -0.4 is 4.74 Å². The minimum Gasteiger partial charge on any atom is -0.490 e. The lowest BCUT2D eigenvalue weighted by Crippen LogP contribution is -2.48. The van der Waals surface area contributed by atoms with Crippen LogP contribution in [0.2, 0.25) is 0 Å². The van der Waals surface area contributed by atoms with Crippen LogP contribution in [0.4, 0.5) is 0 Å².